The number of hydrogen-bond donors (Lipinski definition) is 1. The number of nitrogens with one attached hydrogen (secondary N) is 1. The minimum atomic E-state index is 0.469. The lowest BCUT2D eigenvalue weighted by molar-refractivity contribution is 0.334. The summed E-state index contributed by atoms with van der Waals surface area (Å²) in [5.74, 6) is 1.02. The summed E-state index contributed by atoms with van der Waals surface area (Å²) in [6, 6.07) is 7.40. The van der Waals surface area contributed by atoms with Gasteiger partial charge in [0.15, 0.2) is 0 Å². The Labute approximate surface area is 105 Å². The molecule has 0 aromatic heterocycles. The second-order valence-corrected chi connectivity index (χ2v) is 4.97. The van der Waals surface area contributed by atoms with E-state index in [1.54, 1.807) is 0 Å². The zero-order chi connectivity index (χ0) is 12.8. The minimum Gasteiger partial charge on any atom is -0.494 e. The quantitative estimate of drug-likeness (QED) is 0.816. The van der Waals surface area contributed by atoms with Crippen LogP contribution < -0.4 is 10.1 Å². The van der Waals surface area contributed by atoms with Crippen LogP contribution in [-0.2, 0) is 6.42 Å². The van der Waals surface area contributed by atoms with Crippen molar-refractivity contribution in [1.82, 2.24) is 5.32 Å². The van der Waals surface area contributed by atoms with Gasteiger partial charge in [-0.2, -0.15) is 0 Å². The Balaban J connectivity index is 2.76. The van der Waals surface area contributed by atoms with Crippen LogP contribution in [0.4, 0.5) is 0 Å². The summed E-state index contributed by atoms with van der Waals surface area (Å²) >= 11 is 0. The molecule has 0 bridgehead atoms. The summed E-state index contributed by atoms with van der Waals surface area (Å²) < 4.78 is 5.67. The van der Waals surface area contributed by atoms with E-state index in [0.29, 0.717) is 12.1 Å². The van der Waals surface area contributed by atoms with E-state index in [9.17, 15) is 0 Å². The second kappa shape index (κ2) is 6.65. The molecule has 1 N–H and O–H groups in total. The Hall–Kier alpha value is -1.02. The van der Waals surface area contributed by atoms with E-state index in [1.165, 1.54) is 11.1 Å². The van der Waals surface area contributed by atoms with Crippen molar-refractivity contribution in [3.05, 3.63) is 29.3 Å². The Kier molecular flexibility index (Phi) is 5.49. The molecule has 1 rings (SSSR count). The smallest absolute Gasteiger partial charge is 0.122 e. The van der Waals surface area contributed by atoms with Gasteiger partial charge in [-0.3, -0.25) is 0 Å². The summed E-state index contributed by atoms with van der Waals surface area (Å²) in [5.41, 5.74) is 2.59. The fourth-order valence-corrected chi connectivity index (χ4v) is 2.12. The molecule has 0 amide bonds. The average Bonchev–Trinajstić information content (AvgIpc) is 2.21. The molecule has 0 aliphatic rings. The lowest BCUT2D eigenvalue weighted by atomic mass is 10.0. The molecule has 2 heteroatoms. The number of benzene rings is 1. The number of rotatable bonds is 6. The SMILES string of the molecule is CCOc1ccc(C)cc1CC(C)NC(C)C. The topological polar surface area (TPSA) is 21.3 Å². The van der Waals surface area contributed by atoms with E-state index in [4.69, 9.17) is 4.74 Å². The first kappa shape index (κ1) is 14.0. The Morgan fingerprint density at radius 1 is 1.24 bits per heavy atom. The van der Waals surface area contributed by atoms with Gasteiger partial charge in [0.05, 0.1) is 6.61 Å². The van der Waals surface area contributed by atoms with Crippen LogP contribution in [0.25, 0.3) is 0 Å². The van der Waals surface area contributed by atoms with Gasteiger partial charge >= 0.3 is 0 Å². The molecule has 1 aromatic carbocycles. The van der Waals surface area contributed by atoms with E-state index >= 15 is 0 Å². The lowest BCUT2D eigenvalue weighted by Gasteiger charge is -2.19. The summed E-state index contributed by atoms with van der Waals surface area (Å²) in [4.78, 5) is 0. The van der Waals surface area contributed by atoms with Gasteiger partial charge in [0.2, 0.25) is 0 Å². The number of hydrogen-bond acceptors (Lipinski definition) is 2. The van der Waals surface area contributed by atoms with Gasteiger partial charge in [0.25, 0.3) is 0 Å². The zero-order valence-corrected chi connectivity index (χ0v) is 11.7. The predicted octanol–water partition coefficient (Wildman–Crippen LogP) is 3.32. The Bertz CT molecular complexity index is 347. The molecule has 96 valence electrons. The highest BCUT2D eigenvalue weighted by molar-refractivity contribution is 5.37. The first-order valence-electron chi connectivity index (χ1n) is 6.51. The van der Waals surface area contributed by atoms with Crippen molar-refractivity contribution in [2.24, 2.45) is 0 Å². The minimum absolute atomic E-state index is 0.469. The molecule has 2 nitrogen and oxygen atoms in total. The average molecular weight is 235 g/mol. The van der Waals surface area contributed by atoms with Crippen molar-refractivity contribution in [3.8, 4) is 5.75 Å². The molecule has 0 heterocycles. The molecule has 0 saturated heterocycles. The molecular weight excluding hydrogens is 210 g/mol. The van der Waals surface area contributed by atoms with Crippen molar-refractivity contribution >= 4 is 0 Å². The maximum Gasteiger partial charge on any atom is 0.122 e. The maximum atomic E-state index is 5.67. The van der Waals surface area contributed by atoms with Crippen LogP contribution in [0.15, 0.2) is 18.2 Å². The van der Waals surface area contributed by atoms with Gasteiger partial charge in [-0.25, -0.2) is 0 Å². The van der Waals surface area contributed by atoms with Gasteiger partial charge in [0.1, 0.15) is 5.75 Å². The van der Waals surface area contributed by atoms with E-state index in [-0.39, 0.29) is 0 Å². The molecule has 0 aliphatic heterocycles. The Morgan fingerprint density at radius 2 is 1.94 bits per heavy atom. The zero-order valence-electron chi connectivity index (χ0n) is 11.7. The molecule has 0 fully saturated rings. The van der Waals surface area contributed by atoms with Crippen molar-refractivity contribution in [1.29, 1.82) is 0 Å². The van der Waals surface area contributed by atoms with Crippen LogP contribution >= 0.6 is 0 Å². The first-order chi connectivity index (χ1) is 8.02. The van der Waals surface area contributed by atoms with Crippen LogP contribution in [0, 0.1) is 6.92 Å². The standard InChI is InChI=1S/C15H25NO/c1-6-17-15-8-7-12(4)9-14(15)10-13(5)16-11(2)3/h7-9,11,13,16H,6,10H2,1-5H3. The largest absolute Gasteiger partial charge is 0.494 e. The van der Waals surface area contributed by atoms with Crippen molar-refractivity contribution in [2.75, 3.05) is 6.61 Å². The number of aryl methyl sites for hydroxylation is 1. The monoisotopic (exact) mass is 235 g/mol. The summed E-state index contributed by atoms with van der Waals surface area (Å²) in [7, 11) is 0. The predicted molar refractivity (Wildman–Crippen MR) is 73.8 cm³/mol. The van der Waals surface area contributed by atoms with E-state index in [1.807, 2.05) is 6.92 Å². The van der Waals surface area contributed by atoms with Crippen molar-refractivity contribution in [3.63, 3.8) is 0 Å². The summed E-state index contributed by atoms with van der Waals surface area (Å²) in [6.07, 6.45) is 1.01. The highest BCUT2D eigenvalue weighted by atomic mass is 16.5. The third kappa shape index (κ3) is 4.78. The van der Waals surface area contributed by atoms with Crippen molar-refractivity contribution < 1.29 is 4.74 Å². The third-order valence-electron chi connectivity index (χ3n) is 2.66. The van der Waals surface area contributed by atoms with E-state index in [2.05, 4.69) is 51.2 Å². The van der Waals surface area contributed by atoms with Gasteiger partial charge in [0, 0.05) is 12.1 Å². The lowest BCUT2D eigenvalue weighted by Crippen LogP contribution is -2.34. The molecule has 0 spiro atoms. The summed E-state index contributed by atoms with van der Waals surface area (Å²) in [5, 5.41) is 3.52. The highest BCUT2D eigenvalue weighted by Crippen LogP contribution is 2.21. The van der Waals surface area contributed by atoms with E-state index < -0.39 is 0 Å². The highest BCUT2D eigenvalue weighted by Gasteiger charge is 2.09. The van der Waals surface area contributed by atoms with Gasteiger partial charge in [-0.05, 0) is 38.8 Å². The molecular formula is C15H25NO. The van der Waals surface area contributed by atoms with Crippen LogP contribution in [0.3, 0.4) is 0 Å². The van der Waals surface area contributed by atoms with Gasteiger partial charge < -0.3 is 10.1 Å². The Morgan fingerprint density at radius 3 is 2.53 bits per heavy atom. The van der Waals surface area contributed by atoms with Gasteiger partial charge in [-0.1, -0.05) is 31.5 Å². The second-order valence-electron chi connectivity index (χ2n) is 4.97. The molecule has 1 aromatic rings. The van der Waals surface area contributed by atoms with Crippen LogP contribution in [0.2, 0.25) is 0 Å². The molecule has 0 radical (unpaired) electrons. The van der Waals surface area contributed by atoms with Crippen molar-refractivity contribution in [2.45, 2.75) is 53.1 Å². The fraction of sp³-hybridized carbons (Fsp3) is 0.600. The normalized spacial score (nSPS) is 12.8. The molecule has 1 atom stereocenters. The number of ether oxygens (including phenoxy) is 1. The summed E-state index contributed by atoms with van der Waals surface area (Å²) in [6.45, 7) is 11.5. The molecule has 17 heavy (non-hydrogen) atoms. The van der Waals surface area contributed by atoms with Crippen LogP contribution in [0.5, 0.6) is 5.75 Å². The molecule has 0 saturated carbocycles. The van der Waals surface area contributed by atoms with Crippen LogP contribution in [-0.4, -0.2) is 18.7 Å². The van der Waals surface area contributed by atoms with Gasteiger partial charge in [-0.15, -0.1) is 0 Å². The molecule has 1 unspecified atom stereocenters. The first-order valence-corrected chi connectivity index (χ1v) is 6.51. The van der Waals surface area contributed by atoms with Crippen LogP contribution in [0.1, 0.15) is 38.8 Å². The third-order valence-corrected chi connectivity index (χ3v) is 2.66. The molecule has 0 aliphatic carbocycles. The fourth-order valence-electron chi connectivity index (χ4n) is 2.12. The maximum absolute atomic E-state index is 5.67. The van der Waals surface area contributed by atoms with E-state index in [0.717, 1.165) is 18.8 Å².